The first-order valence-corrected chi connectivity index (χ1v) is 13.7. The van der Waals surface area contributed by atoms with Gasteiger partial charge in [0.25, 0.3) is 0 Å². The predicted octanol–water partition coefficient (Wildman–Crippen LogP) is 5.78. The number of rotatable bonds is 10. The van der Waals surface area contributed by atoms with E-state index in [2.05, 4.69) is 48.1 Å². The Kier molecular flexibility index (Phi) is 9.53. The van der Waals surface area contributed by atoms with Crippen LogP contribution in [0, 0.1) is 5.92 Å². The molecule has 0 fully saturated rings. The summed E-state index contributed by atoms with van der Waals surface area (Å²) in [5.41, 5.74) is 2.28. The first-order chi connectivity index (χ1) is 13.9. The lowest BCUT2D eigenvalue weighted by Crippen LogP contribution is -2.26. The second-order valence-electron chi connectivity index (χ2n) is 7.75. The maximum absolute atomic E-state index is 15.1. The molecule has 0 saturated heterocycles. The molecule has 1 aliphatic carbocycles. The minimum Gasteiger partial charge on any atom is -0.383 e. The third kappa shape index (κ3) is 5.78. The minimum atomic E-state index is -0.132. The molecule has 0 aliphatic heterocycles. The van der Waals surface area contributed by atoms with Crippen LogP contribution in [0.4, 0.5) is 4.39 Å². The Hall–Kier alpha value is -1.02. The van der Waals surface area contributed by atoms with E-state index in [-0.39, 0.29) is 17.5 Å². The van der Waals surface area contributed by atoms with E-state index in [9.17, 15) is 4.79 Å². The predicted molar refractivity (Wildman–Crippen MR) is 132 cm³/mol. The smallest absolute Gasteiger partial charge is 0.207 e. The van der Waals surface area contributed by atoms with Crippen LogP contribution in [0.2, 0.25) is 0 Å². The molecular weight excluding hydrogens is 498 g/mol. The molecule has 1 heterocycles. The normalized spacial score (nSPS) is 15.3. The summed E-state index contributed by atoms with van der Waals surface area (Å²) in [6.45, 7) is 6.35. The zero-order chi connectivity index (χ0) is 21.6. The SMILES string of the molecule is CCC/C(=C\N(C)C)C(=O)c1cc2c(n1SI)=CCC(C(CC)CCC)=C(F)C=2. The molecule has 0 radical (unpaired) electrons. The summed E-state index contributed by atoms with van der Waals surface area (Å²) in [5, 5.41) is 1.71. The van der Waals surface area contributed by atoms with Gasteiger partial charge in [0.05, 0.1) is 5.35 Å². The topological polar surface area (TPSA) is 25.2 Å². The summed E-state index contributed by atoms with van der Waals surface area (Å²) in [7, 11) is 5.32. The monoisotopic (exact) mass is 530 g/mol. The molecule has 0 bridgehead atoms. The van der Waals surface area contributed by atoms with Crippen LogP contribution >= 0.6 is 30.3 Å². The number of ketones is 1. The Morgan fingerprint density at radius 1 is 1.34 bits per heavy atom. The van der Waals surface area contributed by atoms with E-state index in [0.29, 0.717) is 12.1 Å². The quantitative estimate of drug-likeness (QED) is 0.218. The van der Waals surface area contributed by atoms with E-state index in [1.807, 2.05) is 35.2 Å². The molecule has 1 aromatic heterocycles. The number of halogens is 2. The minimum absolute atomic E-state index is 0.0154. The number of carbonyl (C=O) groups excluding carboxylic acids is 1. The van der Waals surface area contributed by atoms with Crippen molar-refractivity contribution in [3.63, 3.8) is 0 Å². The van der Waals surface area contributed by atoms with E-state index in [0.717, 1.165) is 53.8 Å². The number of hydrogen-bond donors (Lipinski definition) is 0. The standard InChI is InChI=1S/C23H32FIN2OS/c1-6-9-16(8-3)19-11-12-21-18(13-20(19)24)14-22(27(21)29-25)23(28)17(10-7-2)15-26(4)5/h12-16H,6-11H2,1-5H3/b17-15+. The molecular formula is C23H32FIN2OS. The van der Waals surface area contributed by atoms with Crippen molar-refractivity contribution in [2.45, 2.75) is 59.3 Å². The van der Waals surface area contributed by atoms with E-state index >= 15 is 4.39 Å². The molecule has 6 heteroatoms. The third-order valence-corrected chi connectivity index (χ3v) is 6.99. The average molecular weight is 530 g/mol. The van der Waals surface area contributed by atoms with Crippen molar-refractivity contribution >= 4 is 48.3 Å². The maximum atomic E-state index is 15.1. The molecule has 29 heavy (non-hydrogen) atoms. The summed E-state index contributed by atoms with van der Waals surface area (Å²) in [5.74, 6) is 0.159. The molecule has 0 spiro atoms. The van der Waals surface area contributed by atoms with Crippen LogP contribution in [0.5, 0.6) is 0 Å². The van der Waals surface area contributed by atoms with Gasteiger partial charge in [0.15, 0.2) is 0 Å². The van der Waals surface area contributed by atoms with E-state index < -0.39 is 0 Å². The fourth-order valence-corrected chi connectivity index (χ4v) is 5.66. The van der Waals surface area contributed by atoms with Crippen LogP contribution in [0.25, 0.3) is 12.2 Å². The van der Waals surface area contributed by atoms with Crippen LogP contribution in [-0.2, 0) is 0 Å². The first-order valence-electron chi connectivity index (χ1n) is 10.4. The van der Waals surface area contributed by atoms with Crippen molar-refractivity contribution in [3.8, 4) is 0 Å². The van der Waals surface area contributed by atoms with Gasteiger partial charge in [-0.15, -0.1) is 0 Å². The number of aromatic nitrogens is 1. The second kappa shape index (κ2) is 11.4. The number of fused-ring (bicyclic) bond motifs is 1. The summed E-state index contributed by atoms with van der Waals surface area (Å²) in [6, 6.07) is 1.85. The number of nitrogens with zero attached hydrogens (tertiary/aromatic N) is 2. The van der Waals surface area contributed by atoms with Crippen molar-refractivity contribution in [2.75, 3.05) is 14.1 Å². The van der Waals surface area contributed by atoms with Gasteiger partial charge >= 0.3 is 0 Å². The molecule has 2 rings (SSSR count). The van der Waals surface area contributed by atoms with Gasteiger partial charge in [-0.25, -0.2) is 4.39 Å². The molecule has 0 N–H and O–H groups in total. The maximum Gasteiger partial charge on any atom is 0.207 e. The largest absolute Gasteiger partial charge is 0.383 e. The Morgan fingerprint density at radius 2 is 2.07 bits per heavy atom. The van der Waals surface area contributed by atoms with Crippen molar-refractivity contribution in [2.24, 2.45) is 5.92 Å². The molecule has 160 valence electrons. The van der Waals surface area contributed by atoms with Gasteiger partial charge < -0.3 is 4.90 Å². The fourth-order valence-electron chi connectivity index (χ4n) is 3.93. The zero-order valence-electron chi connectivity index (χ0n) is 18.1. The van der Waals surface area contributed by atoms with Crippen molar-refractivity contribution in [3.05, 3.63) is 45.5 Å². The summed E-state index contributed by atoms with van der Waals surface area (Å²) < 4.78 is 17.1. The number of Topliss-reactive ketones (excluding diaryl/α,β-unsaturated/α-hetero) is 1. The van der Waals surface area contributed by atoms with Gasteiger partial charge in [-0.1, -0.05) is 39.7 Å². The van der Waals surface area contributed by atoms with Crippen LogP contribution in [0.3, 0.4) is 0 Å². The lowest BCUT2D eigenvalue weighted by molar-refractivity contribution is 0.102. The highest BCUT2D eigenvalue weighted by Crippen LogP contribution is 2.29. The summed E-state index contributed by atoms with van der Waals surface area (Å²) in [4.78, 5) is 15.2. The van der Waals surface area contributed by atoms with E-state index in [1.165, 1.54) is 9.12 Å². The van der Waals surface area contributed by atoms with Gasteiger partial charge in [0.2, 0.25) is 5.78 Å². The molecule has 1 aliphatic rings. The zero-order valence-corrected chi connectivity index (χ0v) is 21.1. The molecule has 0 saturated carbocycles. The van der Waals surface area contributed by atoms with Crippen LogP contribution in [-0.4, -0.2) is 28.8 Å². The number of hydrogen-bond acceptors (Lipinski definition) is 3. The van der Waals surface area contributed by atoms with Crippen molar-refractivity contribution in [1.29, 1.82) is 0 Å². The lowest BCUT2D eigenvalue weighted by atomic mass is 9.89. The first kappa shape index (κ1) is 24.3. The molecule has 1 aromatic rings. The fraction of sp³-hybridized carbons (Fsp3) is 0.522. The summed E-state index contributed by atoms with van der Waals surface area (Å²) >= 11 is 2.20. The van der Waals surface area contributed by atoms with Gasteiger partial charge in [0, 0.05) is 61.4 Å². The van der Waals surface area contributed by atoms with Crippen LogP contribution in [0.15, 0.2) is 29.2 Å². The molecule has 1 atom stereocenters. The van der Waals surface area contributed by atoms with Crippen LogP contribution < -0.4 is 10.6 Å². The highest BCUT2D eigenvalue weighted by atomic mass is 127. The van der Waals surface area contributed by atoms with Gasteiger partial charge in [-0.3, -0.25) is 8.77 Å². The number of allylic oxidation sites excluding steroid dienone is 3. The highest BCUT2D eigenvalue weighted by molar-refractivity contribution is 14.2. The van der Waals surface area contributed by atoms with Crippen molar-refractivity contribution in [1.82, 2.24) is 8.87 Å². The lowest BCUT2D eigenvalue weighted by Gasteiger charge is -2.17. The Morgan fingerprint density at radius 3 is 2.62 bits per heavy atom. The second-order valence-corrected chi connectivity index (χ2v) is 9.44. The van der Waals surface area contributed by atoms with Crippen LogP contribution in [0.1, 0.15) is 69.8 Å². The van der Waals surface area contributed by atoms with Crippen molar-refractivity contribution < 1.29 is 9.18 Å². The third-order valence-electron chi connectivity index (χ3n) is 5.28. The Bertz CT molecular complexity index is 914. The number of carbonyl (C=O) groups is 1. The van der Waals surface area contributed by atoms with E-state index in [1.54, 1.807) is 6.08 Å². The highest BCUT2D eigenvalue weighted by Gasteiger charge is 2.21. The van der Waals surface area contributed by atoms with E-state index in [4.69, 9.17) is 0 Å². The Balaban J connectivity index is 2.57. The molecule has 1 unspecified atom stereocenters. The average Bonchev–Trinajstić information content (AvgIpc) is 2.94. The summed E-state index contributed by atoms with van der Waals surface area (Å²) in [6.07, 6.45) is 10.8. The van der Waals surface area contributed by atoms with Gasteiger partial charge in [-0.2, -0.15) is 0 Å². The molecule has 3 nitrogen and oxygen atoms in total. The molecule has 0 aromatic carbocycles. The van der Waals surface area contributed by atoms with Gasteiger partial charge in [0.1, 0.15) is 11.5 Å². The molecule has 0 amide bonds. The van der Waals surface area contributed by atoms with Gasteiger partial charge in [-0.05, 0) is 49.3 Å². The Labute approximate surface area is 190 Å².